The molecule has 2 aromatic rings. The molecule has 156 valence electrons. The Balaban J connectivity index is 1.42. The van der Waals surface area contributed by atoms with Crippen molar-refractivity contribution in [1.29, 1.82) is 0 Å². The zero-order valence-electron chi connectivity index (χ0n) is 17.3. The first kappa shape index (κ1) is 21.0. The average molecular weight is 399 g/mol. The lowest BCUT2D eigenvalue weighted by molar-refractivity contribution is -0.135. The molecule has 3 rings (SSSR count). The fourth-order valence-electron chi connectivity index (χ4n) is 3.38. The molecule has 0 radical (unpaired) electrons. The Hall–Kier alpha value is -2.74. The van der Waals surface area contributed by atoms with E-state index in [9.17, 15) is 9.59 Å². The molecule has 1 aliphatic rings. The highest BCUT2D eigenvalue weighted by Gasteiger charge is 2.32. The summed E-state index contributed by atoms with van der Waals surface area (Å²) >= 11 is 0. The van der Waals surface area contributed by atoms with E-state index in [1.165, 1.54) is 5.56 Å². The normalized spacial score (nSPS) is 18.2. The zero-order valence-corrected chi connectivity index (χ0v) is 17.3. The third-order valence-corrected chi connectivity index (χ3v) is 5.05. The molecule has 1 atom stereocenters. The van der Waals surface area contributed by atoms with Crippen LogP contribution in [0, 0.1) is 12.8 Å². The first-order valence-electron chi connectivity index (χ1n) is 9.98. The standard InChI is InChI=1S/C21H29N5O3/c1-15-4-6-16(7-5-15)13-23-20(28)18-14-26(25-24-18)10-9-22-19(27)17-8-11-29-21(2,3)12-17/h4-7,14,17H,8-13H2,1-3H3,(H,22,27)(H,23,28)/t17-/m1/s1. The Morgan fingerprint density at radius 2 is 2.00 bits per heavy atom. The van der Waals surface area contributed by atoms with E-state index in [1.807, 2.05) is 45.0 Å². The Morgan fingerprint density at radius 1 is 1.24 bits per heavy atom. The lowest BCUT2D eigenvalue weighted by Crippen LogP contribution is -2.42. The van der Waals surface area contributed by atoms with Crippen LogP contribution in [-0.4, -0.2) is 45.6 Å². The number of carbonyl (C=O) groups is 2. The molecule has 1 fully saturated rings. The first-order chi connectivity index (χ1) is 13.8. The second kappa shape index (κ2) is 9.17. The molecule has 8 heteroatoms. The quantitative estimate of drug-likeness (QED) is 0.740. The summed E-state index contributed by atoms with van der Waals surface area (Å²) in [5.41, 5.74) is 2.20. The highest BCUT2D eigenvalue weighted by molar-refractivity contribution is 5.91. The van der Waals surface area contributed by atoms with Crippen LogP contribution in [0.25, 0.3) is 0 Å². The van der Waals surface area contributed by atoms with Gasteiger partial charge < -0.3 is 15.4 Å². The van der Waals surface area contributed by atoms with Crippen molar-refractivity contribution in [2.75, 3.05) is 13.2 Å². The number of ether oxygens (including phenoxy) is 1. The number of rotatable bonds is 7. The van der Waals surface area contributed by atoms with Crippen LogP contribution in [0.3, 0.4) is 0 Å². The fraction of sp³-hybridized carbons (Fsp3) is 0.524. The minimum Gasteiger partial charge on any atom is -0.376 e. The van der Waals surface area contributed by atoms with Gasteiger partial charge in [-0.1, -0.05) is 35.0 Å². The number of amides is 2. The molecule has 0 saturated carbocycles. The van der Waals surface area contributed by atoms with E-state index in [-0.39, 0.29) is 29.0 Å². The van der Waals surface area contributed by atoms with Crippen molar-refractivity contribution in [3.63, 3.8) is 0 Å². The van der Waals surface area contributed by atoms with Crippen molar-refractivity contribution in [1.82, 2.24) is 25.6 Å². The molecular formula is C21H29N5O3. The van der Waals surface area contributed by atoms with Gasteiger partial charge in [0, 0.05) is 25.6 Å². The Kier molecular flexibility index (Phi) is 6.64. The SMILES string of the molecule is Cc1ccc(CNC(=O)c2cn(CCNC(=O)[C@@H]3CCOC(C)(C)C3)nn2)cc1. The van der Waals surface area contributed by atoms with Gasteiger partial charge in [0.1, 0.15) is 0 Å². The van der Waals surface area contributed by atoms with Crippen LogP contribution in [0.2, 0.25) is 0 Å². The summed E-state index contributed by atoms with van der Waals surface area (Å²) in [6.07, 6.45) is 3.05. The number of hydrogen-bond acceptors (Lipinski definition) is 5. The van der Waals surface area contributed by atoms with E-state index in [0.29, 0.717) is 32.7 Å². The van der Waals surface area contributed by atoms with Crippen molar-refractivity contribution < 1.29 is 14.3 Å². The van der Waals surface area contributed by atoms with E-state index >= 15 is 0 Å². The maximum atomic E-state index is 12.4. The maximum Gasteiger partial charge on any atom is 0.273 e. The molecule has 0 spiro atoms. The Labute approximate surface area is 171 Å². The fourth-order valence-corrected chi connectivity index (χ4v) is 3.38. The first-order valence-corrected chi connectivity index (χ1v) is 9.98. The molecule has 1 aliphatic heterocycles. The number of aryl methyl sites for hydroxylation is 1. The minimum atomic E-state index is -0.273. The van der Waals surface area contributed by atoms with E-state index in [1.54, 1.807) is 10.9 Å². The number of nitrogens with one attached hydrogen (secondary N) is 2. The monoisotopic (exact) mass is 399 g/mol. The van der Waals surface area contributed by atoms with Crippen molar-refractivity contribution in [3.8, 4) is 0 Å². The maximum absolute atomic E-state index is 12.4. The Morgan fingerprint density at radius 3 is 2.72 bits per heavy atom. The van der Waals surface area contributed by atoms with Gasteiger partial charge in [-0.25, -0.2) is 4.68 Å². The van der Waals surface area contributed by atoms with Crippen molar-refractivity contribution >= 4 is 11.8 Å². The largest absolute Gasteiger partial charge is 0.376 e. The molecule has 0 bridgehead atoms. The highest BCUT2D eigenvalue weighted by Crippen LogP contribution is 2.28. The molecule has 1 saturated heterocycles. The summed E-state index contributed by atoms with van der Waals surface area (Å²) in [7, 11) is 0. The van der Waals surface area contributed by atoms with E-state index < -0.39 is 0 Å². The average Bonchev–Trinajstić information content (AvgIpc) is 3.15. The smallest absolute Gasteiger partial charge is 0.273 e. The van der Waals surface area contributed by atoms with Gasteiger partial charge in [0.05, 0.1) is 18.3 Å². The third-order valence-electron chi connectivity index (χ3n) is 5.05. The molecule has 29 heavy (non-hydrogen) atoms. The van der Waals surface area contributed by atoms with Crippen LogP contribution in [0.1, 0.15) is 48.3 Å². The van der Waals surface area contributed by atoms with Crippen LogP contribution >= 0.6 is 0 Å². The van der Waals surface area contributed by atoms with Crippen LogP contribution in [0.15, 0.2) is 30.5 Å². The summed E-state index contributed by atoms with van der Waals surface area (Å²) in [6.45, 7) is 7.97. The van der Waals surface area contributed by atoms with Gasteiger partial charge in [0.15, 0.2) is 5.69 Å². The van der Waals surface area contributed by atoms with Crippen LogP contribution in [-0.2, 0) is 22.6 Å². The van der Waals surface area contributed by atoms with E-state index in [2.05, 4.69) is 20.9 Å². The van der Waals surface area contributed by atoms with Crippen molar-refractivity contribution in [2.24, 2.45) is 5.92 Å². The summed E-state index contributed by atoms with van der Waals surface area (Å²) in [6, 6.07) is 7.98. The number of carbonyl (C=O) groups excluding carboxylic acids is 2. The van der Waals surface area contributed by atoms with Gasteiger partial charge in [-0.15, -0.1) is 5.10 Å². The van der Waals surface area contributed by atoms with Gasteiger partial charge in [0.25, 0.3) is 5.91 Å². The van der Waals surface area contributed by atoms with E-state index in [0.717, 1.165) is 12.0 Å². The minimum absolute atomic E-state index is 0.0300. The van der Waals surface area contributed by atoms with Crippen molar-refractivity contribution in [3.05, 3.63) is 47.3 Å². The number of aromatic nitrogens is 3. The molecule has 0 aliphatic carbocycles. The van der Waals surface area contributed by atoms with Gasteiger partial charge >= 0.3 is 0 Å². The summed E-state index contributed by atoms with van der Waals surface area (Å²) in [5.74, 6) is -0.263. The number of benzene rings is 1. The molecule has 1 aromatic heterocycles. The molecule has 2 amide bonds. The molecule has 8 nitrogen and oxygen atoms in total. The predicted octanol–water partition coefficient (Wildman–Crippen LogP) is 1.84. The van der Waals surface area contributed by atoms with Gasteiger partial charge in [-0.05, 0) is 39.2 Å². The third kappa shape index (κ3) is 6.12. The van der Waals surface area contributed by atoms with Gasteiger partial charge in [-0.3, -0.25) is 9.59 Å². The zero-order chi connectivity index (χ0) is 20.9. The summed E-state index contributed by atoms with van der Waals surface area (Å²) < 4.78 is 7.22. The highest BCUT2D eigenvalue weighted by atomic mass is 16.5. The molecule has 2 heterocycles. The number of nitrogens with zero attached hydrogens (tertiary/aromatic N) is 3. The molecule has 1 aromatic carbocycles. The lowest BCUT2D eigenvalue weighted by Gasteiger charge is -2.34. The second-order valence-electron chi connectivity index (χ2n) is 8.12. The summed E-state index contributed by atoms with van der Waals surface area (Å²) in [5, 5.41) is 13.7. The van der Waals surface area contributed by atoms with Crippen LogP contribution in [0.5, 0.6) is 0 Å². The van der Waals surface area contributed by atoms with E-state index in [4.69, 9.17) is 4.74 Å². The van der Waals surface area contributed by atoms with Gasteiger partial charge in [-0.2, -0.15) is 0 Å². The molecule has 2 N–H and O–H groups in total. The topological polar surface area (TPSA) is 98.1 Å². The molecular weight excluding hydrogens is 370 g/mol. The lowest BCUT2D eigenvalue weighted by atomic mass is 9.88. The molecule has 0 unspecified atom stereocenters. The number of hydrogen-bond donors (Lipinski definition) is 2. The Bertz CT molecular complexity index is 844. The van der Waals surface area contributed by atoms with Crippen molar-refractivity contribution in [2.45, 2.75) is 52.3 Å². The van der Waals surface area contributed by atoms with Gasteiger partial charge in [0.2, 0.25) is 5.91 Å². The van der Waals surface area contributed by atoms with Crippen LogP contribution < -0.4 is 10.6 Å². The summed E-state index contributed by atoms with van der Waals surface area (Å²) in [4.78, 5) is 24.6. The predicted molar refractivity (Wildman–Crippen MR) is 108 cm³/mol. The van der Waals surface area contributed by atoms with Crippen LogP contribution in [0.4, 0.5) is 0 Å². The second-order valence-corrected chi connectivity index (χ2v) is 8.12.